The van der Waals surface area contributed by atoms with E-state index in [0.717, 1.165) is 0 Å². The Labute approximate surface area is 185 Å². The Bertz CT molecular complexity index is 1390. The summed E-state index contributed by atoms with van der Waals surface area (Å²) in [5.74, 6) is -0.114. The maximum atomic E-state index is 13.5. The predicted octanol–water partition coefficient (Wildman–Crippen LogP) is 5.90. The van der Waals surface area contributed by atoms with E-state index in [1.54, 1.807) is 54.7 Å². The summed E-state index contributed by atoms with van der Waals surface area (Å²) in [6, 6.07) is 14.1. The standard InChI is InChI=1S/C22H11Cl3N2O3/c23-12-5-7-16-13(10-12)20(28)18-19(11-4-6-14(24)15(25)9-11)27(22(29)21(18)30-16)17-3-1-2-8-26-17/h1-10,19H/t19-/m1/s1. The molecule has 0 aliphatic carbocycles. The monoisotopic (exact) mass is 456 g/mol. The van der Waals surface area contributed by atoms with Crippen molar-refractivity contribution in [3.63, 3.8) is 0 Å². The van der Waals surface area contributed by atoms with Crippen LogP contribution in [0.25, 0.3) is 11.0 Å². The van der Waals surface area contributed by atoms with Gasteiger partial charge in [-0.15, -0.1) is 0 Å². The van der Waals surface area contributed by atoms with Crippen LogP contribution in [0.4, 0.5) is 5.82 Å². The van der Waals surface area contributed by atoms with Crippen LogP contribution in [0.15, 0.2) is 70.0 Å². The minimum Gasteiger partial charge on any atom is -0.450 e. The molecule has 0 fully saturated rings. The van der Waals surface area contributed by atoms with Gasteiger partial charge in [0, 0.05) is 11.2 Å². The highest BCUT2D eigenvalue weighted by Gasteiger charge is 2.44. The van der Waals surface area contributed by atoms with Gasteiger partial charge in [0.1, 0.15) is 11.4 Å². The number of carbonyl (C=O) groups is 1. The van der Waals surface area contributed by atoms with Crippen LogP contribution in [0.3, 0.4) is 0 Å². The second kappa shape index (κ2) is 7.13. The fraction of sp³-hybridized carbons (Fsp3) is 0.0455. The maximum absolute atomic E-state index is 13.5. The maximum Gasteiger partial charge on any atom is 0.296 e. The van der Waals surface area contributed by atoms with Gasteiger partial charge in [-0.2, -0.15) is 0 Å². The Morgan fingerprint density at radius 1 is 0.933 bits per heavy atom. The number of hydrogen-bond donors (Lipinski definition) is 0. The number of benzene rings is 2. The number of carbonyl (C=O) groups excluding carboxylic acids is 1. The quantitative estimate of drug-likeness (QED) is 0.376. The predicted molar refractivity (Wildman–Crippen MR) is 117 cm³/mol. The van der Waals surface area contributed by atoms with E-state index in [9.17, 15) is 9.59 Å². The van der Waals surface area contributed by atoms with Crippen LogP contribution in [0.2, 0.25) is 15.1 Å². The zero-order chi connectivity index (χ0) is 21.0. The average molecular weight is 458 g/mol. The zero-order valence-electron chi connectivity index (χ0n) is 15.1. The van der Waals surface area contributed by atoms with E-state index in [4.69, 9.17) is 39.2 Å². The van der Waals surface area contributed by atoms with E-state index in [1.165, 1.54) is 11.0 Å². The van der Waals surface area contributed by atoms with Crippen LogP contribution in [-0.4, -0.2) is 10.9 Å². The second-order valence-corrected chi connectivity index (χ2v) is 8.00. The Morgan fingerprint density at radius 3 is 2.50 bits per heavy atom. The van der Waals surface area contributed by atoms with Crippen molar-refractivity contribution in [1.82, 2.24) is 4.98 Å². The SMILES string of the molecule is O=C1c2oc3ccc(Cl)cc3c(=O)c2[C@@H](c2ccc(Cl)c(Cl)c2)N1c1ccccn1. The molecule has 1 atom stereocenters. The van der Waals surface area contributed by atoms with E-state index in [2.05, 4.69) is 4.98 Å². The molecule has 8 heteroatoms. The van der Waals surface area contributed by atoms with E-state index < -0.39 is 11.9 Å². The summed E-state index contributed by atoms with van der Waals surface area (Å²) >= 11 is 18.4. The Kier molecular flexibility index (Phi) is 4.54. The van der Waals surface area contributed by atoms with Crippen LogP contribution in [0.5, 0.6) is 0 Å². The summed E-state index contributed by atoms with van der Waals surface area (Å²) < 4.78 is 5.87. The number of aromatic nitrogens is 1. The minimum atomic E-state index is -0.781. The van der Waals surface area contributed by atoms with E-state index in [-0.39, 0.29) is 22.3 Å². The Balaban J connectivity index is 1.84. The molecule has 1 aliphatic heterocycles. The van der Waals surface area contributed by atoms with Crippen molar-refractivity contribution < 1.29 is 9.21 Å². The molecule has 148 valence electrons. The van der Waals surface area contributed by atoms with Crippen molar-refractivity contribution in [3.05, 3.63) is 103 Å². The first-order valence-electron chi connectivity index (χ1n) is 8.91. The molecule has 0 radical (unpaired) electrons. The van der Waals surface area contributed by atoms with Crippen LogP contribution in [0.1, 0.15) is 27.7 Å². The fourth-order valence-electron chi connectivity index (χ4n) is 3.68. The largest absolute Gasteiger partial charge is 0.450 e. The van der Waals surface area contributed by atoms with Crippen molar-refractivity contribution in [1.29, 1.82) is 0 Å². The van der Waals surface area contributed by atoms with Crippen LogP contribution in [-0.2, 0) is 0 Å². The van der Waals surface area contributed by atoms with Gasteiger partial charge in [-0.25, -0.2) is 4.98 Å². The number of fused-ring (bicyclic) bond motifs is 2. The molecular formula is C22H11Cl3N2O3. The first kappa shape index (κ1) is 19.1. The lowest BCUT2D eigenvalue weighted by atomic mass is 9.98. The zero-order valence-corrected chi connectivity index (χ0v) is 17.4. The highest BCUT2D eigenvalue weighted by Crippen LogP contribution is 2.41. The fourth-order valence-corrected chi connectivity index (χ4v) is 4.15. The lowest BCUT2D eigenvalue weighted by Crippen LogP contribution is -2.30. The van der Waals surface area contributed by atoms with Crippen LogP contribution in [0, 0.1) is 0 Å². The van der Waals surface area contributed by atoms with Gasteiger partial charge in [0.15, 0.2) is 5.43 Å². The van der Waals surface area contributed by atoms with Crippen molar-refractivity contribution >= 4 is 57.5 Å². The van der Waals surface area contributed by atoms with E-state index in [1.807, 2.05) is 0 Å². The van der Waals surface area contributed by atoms with Gasteiger partial charge in [-0.05, 0) is 48.0 Å². The molecule has 0 N–H and O–H groups in total. The van der Waals surface area contributed by atoms with Gasteiger partial charge in [0.05, 0.1) is 27.0 Å². The van der Waals surface area contributed by atoms with Crippen LogP contribution < -0.4 is 10.3 Å². The Morgan fingerprint density at radius 2 is 1.77 bits per heavy atom. The van der Waals surface area contributed by atoms with Gasteiger partial charge in [-0.3, -0.25) is 14.5 Å². The third kappa shape index (κ3) is 2.89. The first-order chi connectivity index (χ1) is 14.5. The lowest BCUT2D eigenvalue weighted by Gasteiger charge is -2.24. The third-order valence-corrected chi connectivity index (χ3v) is 5.96. The highest BCUT2D eigenvalue weighted by atomic mass is 35.5. The molecule has 0 unspecified atom stereocenters. The second-order valence-electron chi connectivity index (χ2n) is 6.75. The minimum absolute atomic E-state index is 0.0310. The van der Waals surface area contributed by atoms with Gasteiger partial charge in [0.25, 0.3) is 5.91 Å². The molecular weight excluding hydrogens is 447 g/mol. The van der Waals surface area contributed by atoms with Gasteiger partial charge >= 0.3 is 0 Å². The van der Waals surface area contributed by atoms with Gasteiger partial charge in [-0.1, -0.05) is 46.9 Å². The molecule has 5 nitrogen and oxygen atoms in total. The summed E-state index contributed by atoms with van der Waals surface area (Å²) in [4.78, 5) is 32.5. The molecule has 2 aromatic carbocycles. The molecule has 4 aromatic rings. The average Bonchev–Trinajstić information content (AvgIpc) is 3.04. The highest BCUT2D eigenvalue weighted by molar-refractivity contribution is 6.42. The normalized spacial score (nSPS) is 15.6. The number of pyridine rings is 1. The molecule has 30 heavy (non-hydrogen) atoms. The number of hydrogen-bond acceptors (Lipinski definition) is 4. The number of nitrogens with zero attached hydrogens (tertiary/aromatic N) is 2. The first-order valence-corrected chi connectivity index (χ1v) is 10.0. The topological polar surface area (TPSA) is 63.4 Å². The van der Waals surface area contributed by atoms with Crippen molar-refractivity contribution in [2.45, 2.75) is 6.04 Å². The number of halogens is 3. The van der Waals surface area contributed by atoms with Crippen molar-refractivity contribution in [2.24, 2.45) is 0 Å². The number of rotatable bonds is 2. The Hall–Kier alpha value is -2.86. The summed E-state index contributed by atoms with van der Waals surface area (Å²) in [5.41, 5.74) is 0.763. The molecule has 1 amide bonds. The molecule has 0 spiro atoms. The smallest absolute Gasteiger partial charge is 0.296 e. The molecule has 5 rings (SSSR count). The van der Waals surface area contributed by atoms with Crippen molar-refractivity contribution in [3.8, 4) is 0 Å². The van der Waals surface area contributed by atoms with Crippen molar-refractivity contribution in [2.75, 3.05) is 4.90 Å². The number of amides is 1. The summed E-state index contributed by atoms with van der Waals surface area (Å²) in [6.07, 6.45) is 1.57. The van der Waals surface area contributed by atoms with Gasteiger partial charge in [0.2, 0.25) is 5.76 Å². The van der Waals surface area contributed by atoms with Crippen LogP contribution >= 0.6 is 34.8 Å². The molecule has 0 bridgehead atoms. The molecule has 3 heterocycles. The van der Waals surface area contributed by atoms with E-state index >= 15 is 0 Å². The summed E-state index contributed by atoms with van der Waals surface area (Å²) in [7, 11) is 0. The summed E-state index contributed by atoms with van der Waals surface area (Å²) in [5, 5.41) is 1.37. The van der Waals surface area contributed by atoms with Gasteiger partial charge < -0.3 is 4.42 Å². The molecule has 1 aliphatic rings. The molecule has 0 saturated carbocycles. The number of anilines is 1. The lowest BCUT2D eigenvalue weighted by molar-refractivity contribution is 0.0970. The van der Waals surface area contributed by atoms with E-state index in [0.29, 0.717) is 31.8 Å². The summed E-state index contributed by atoms with van der Waals surface area (Å²) in [6.45, 7) is 0. The third-order valence-electron chi connectivity index (χ3n) is 4.99. The molecule has 0 saturated heterocycles. The molecule has 2 aromatic heterocycles.